The van der Waals surface area contributed by atoms with Crippen LogP contribution in [-0.2, 0) is 17.8 Å². The molecule has 0 aliphatic heterocycles. The van der Waals surface area contributed by atoms with Crippen molar-refractivity contribution in [2.24, 2.45) is 0 Å². The number of carbonyl (C=O) groups excluding carboxylic acids is 2. The Morgan fingerprint density at radius 1 is 0.967 bits per heavy atom. The summed E-state index contributed by atoms with van der Waals surface area (Å²) in [6.07, 6.45) is 5.35. The average molecular weight is 398 g/mol. The number of fused-ring (bicyclic) bond motifs is 1. The third-order valence-corrected chi connectivity index (χ3v) is 4.95. The molecule has 1 atom stereocenters. The minimum atomic E-state index is -0.722. The SMILES string of the molecule is O=C(N[C@@H](Cc1c[nH]c2ccccc12)C(=O)NCc1ccccc1)c1cccnc1. The maximum Gasteiger partial charge on any atom is 0.253 e. The summed E-state index contributed by atoms with van der Waals surface area (Å²) in [6.45, 7) is 0.396. The lowest BCUT2D eigenvalue weighted by Crippen LogP contribution is -2.47. The smallest absolute Gasteiger partial charge is 0.253 e. The van der Waals surface area contributed by atoms with Crippen molar-refractivity contribution in [1.82, 2.24) is 20.6 Å². The molecule has 0 unspecified atom stereocenters. The maximum atomic E-state index is 13.0. The van der Waals surface area contributed by atoms with Gasteiger partial charge in [0.15, 0.2) is 0 Å². The number of pyridine rings is 1. The van der Waals surface area contributed by atoms with E-state index < -0.39 is 6.04 Å². The molecule has 4 rings (SSSR count). The molecule has 0 bridgehead atoms. The predicted octanol–water partition coefficient (Wildman–Crippen LogP) is 3.22. The molecule has 4 aromatic rings. The van der Waals surface area contributed by atoms with Gasteiger partial charge in [-0.05, 0) is 29.3 Å². The number of aromatic amines is 1. The van der Waals surface area contributed by atoms with Gasteiger partial charge in [-0.15, -0.1) is 0 Å². The Morgan fingerprint density at radius 3 is 2.57 bits per heavy atom. The summed E-state index contributed by atoms with van der Waals surface area (Å²) in [5.74, 6) is -0.566. The van der Waals surface area contributed by atoms with Gasteiger partial charge in [0.1, 0.15) is 6.04 Å². The van der Waals surface area contributed by atoms with Crippen molar-refractivity contribution in [3.05, 3.63) is 102 Å². The maximum absolute atomic E-state index is 13.0. The lowest BCUT2D eigenvalue weighted by atomic mass is 10.0. The van der Waals surface area contributed by atoms with Crippen LogP contribution in [0.25, 0.3) is 10.9 Å². The monoisotopic (exact) mass is 398 g/mol. The number of para-hydroxylation sites is 1. The highest BCUT2D eigenvalue weighted by Crippen LogP contribution is 2.19. The number of hydrogen-bond acceptors (Lipinski definition) is 3. The minimum Gasteiger partial charge on any atom is -0.361 e. The summed E-state index contributed by atoms with van der Waals surface area (Å²) in [6, 6.07) is 20.2. The molecule has 0 fully saturated rings. The van der Waals surface area contributed by atoms with Crippen LogP contribution in [0.2, 0.25) is 0 Å². The fraction of sp³-hybridized carbons (Fsp3) is 0.125. The second-order valence-corrected chi connectivity index (χ2v) is 7.03. The van der Waals surface area contributed by atoms with E-state index in [-0.39, 0.29) is 11.8 Å². The van der Waals surface area contributed by atoms with Crippen LogP contribution in [0.4, 0.5) is 0 Å². The summed E-state index contributed by atoms with van der Waals surface area (Å²) < 4.78 is 0. The Morgan fingerprint density at radius 2 is 1.77 bits per heavy atom. The summed E-state index contributed by atoms with van der Waals surface area (Å²) in [7, 11) is 0. The zero-order valence-corrected chi connectivity index (χ0v) is 16.3. The number of rotatable bonds is 7. The molecular weight excluding hydrogens is 376 g/mol. The lowest BCUT2D eigenvalue weighted by Gasteiger charge is -2.18. The van der Waals surface area contributed by atoms with Crippen molar-refractivity contribution in [3.8, 4) is 0 Å². The topological polar surface area (TPSA) is 86.9 Å². The predicted molar refractivity (Wildman–Crippen MR) is 116 cm³/mol. The summed E-state index contributed by atoms with van der Waals surface area (Å²) in [4.78, 5) is 32.9. The van der Waals surface area contributed by atoms with Crippen LogP contribution in [0, 0.1) is 0 Å². The molecular formula is C24H22N4O2. The van der Waals surface area contributed by atoms with Gasteiger partial charge in [-0.25, -0.2) is 0 Å². The molecule has 30 heavy (non-hydrogen) atoms. The fourth-order valence-corrected chi connectivity index (χ4v) is 3.38. The Balaban J connectivity index is 1.53. The molecule has 0 aliphatic carbocycles. The molecule has 150 valence electrons. The van der Waals surface area contributed by atoms with Crippen LogP contribution in [0.5, 0.6) is 0 Å². The van der Waals surface area contributed by atoms with Crippen LogP contribution in [0.15, 0.2) is 85.3 Å². The van der Waals surface area contributed by atoms with Crippen LogP contribution in [0.1, 0.15) is 21.5 Å². The highest BCUT2D eigenvalue weighted by atomic mass is 16.2. The van der Waals surface area contributed by atoms with Gasteiger partial charge in [0.2, 0.25) is 5.91 Å². The highest BCUT2D eigenvalue weighted by molar-refractivity contribution is 5.97. The molecule has 0 radical (unpaired) electrons. The Hall–Kier alpha value is -3.93. The largest absolute Gasteiger partial charge is 0.361 e. The first-order chi connectivity index (χ1) is 14.7. The average Bonchev–Trinajstić information content (AvgIpc) is 3.21. The van der Waals surface area contributed by atoms with Crippen molar-refractivity contribution < 1.29 is 9.59 Å². The molecule has 6 heteroatoms. The first-order valence-electron chi connectivity index (χ1n) is 9.78. The molecule has 0 saturated carbocycles. The van der Waals surface area contributed by atoms with Crippen molar-refractivity contribution in [2.75, 3.05) is 0 Å². The third-order valence-electron chi connectivity index (χ3n) is 4.95. The van der Waals surface area contributed by atoms with E-state index in [4.69, 9.17) is 0 Å². The van der Waals surface area contributed by atoms with Gasteiger partial charge < -0.3 is 15.6 Å². The van der Waals surface area contributed by atoms with Crippen molar-refractivity contribution in [3.63, 3.8) is 0 Å². The number of amides is 2. The number of carbonyl (C=O) groups is 2. The van der Waals surface area contributed by atoms with E-state index in [0.717, 1.165) is 22.0 Å². The number of nitrogens with zero attached hydrogens (tertiary/aromatic N) is 1. The van der Waals surface area contributed by atoms with Crippen LogP contribution < -0.4 is 10.6 Å². The number of nitrogens with one attached hydrogen (secondary N) is 3. The van der Waals surface area contributed by atoms with E-state index in [1.807, 2.05) is 60.8 Å². The van der Waals surface area contributed by atoms with E-state index in [1.54, 1.807) is 18.3 Å². The van der Waals surface area contributed by atoms with E-state index in [0.29, 0.717) is 18.5 Å². The molecule has 6 nitrogen and oxygen atoms in total. The number of H-pyrrole nitrogens is 1. The first-order valence-corrected chi connectivity index (χ1v) is 9.78. The van der Waals surface area contributed by atoms with Crippen molar-refractivity contribution >= 4 is 22.7 Å². The molecule has 3 N–H and O–H groups in total. The van der Waals surface area contributed by atoms with Crippen LogP contribution in [-0.4, -0.2) is 27.8 Å². The van der Waals surface area contributed by atoms with Gasteiger partial charge in [-0.3, -0.25) is 14.6 Å². The van der Waals surface area contributed by atoms with E-state index in [1.165, 1.54) is 6.20 Å². The zero-order chi connectivity index (χ0) is 20.8. The lowest BCUT2D eigenvalue weighted by molar-refractivity contribution is -0.123. The fourth-order valence-electron chi connectivity index (χ4n) is 3.38. The molecule has 0 saturated heterocycles. The summed E-state index contributed by atoms with van der Waals surface area (Å²) >= 11 is 0. The summed E-state index contributed by atoms with van der Waals surface area (Å²) in [5.41, 5.74) is 3.37. The van der Waals surface area contributed by atoms with Crippen LogP contribution in [0.3, 0.4) is 0 Å². The normalized spacial score (nSPS) is 11.7. The van der Waals surface area contributed by atoms with Gasteiger partial charge in [0.05, 0.1) is 5.56 Å². The zero-order valence-electron chi connectivity index (χ0n) is 16.3. The molecule has 2 amide bonds. The van der Waals surface area contributed by atoms with Gasteiger partial charge in [0, 0.05) is 42.5 Å². The first kappa shape index (κ1) is 19.4. The Kier molecular flexibility index (Phi) is 5.85. The number of aromatic nitrogens is 2. The van der Waals surface area contributed by atoms with Crippen molar-refractivity contribution in [1.29, 1.82) is 0 Å². The van der Waals surface area contributed by atoms with E-state index in [9.17, 15) is 9.59 Å². The van der Waals surface area contributed by atoms with E-state index >= 15 is 0 Å². The minimum absolute atomic E-state index is 0.235. The van der Waals surface area contributed by atoms with Gasteiger partial charge in [-0.2, -0.15) is 0 Å². The Bertz CT molecular complexity index is 1140. The standard InChI is InChI=1S/C24H22N4O2/c29-23(18-9-6-12-25-15-18)28-22(24(30)27-14-17-7-2-1-3-8-17)13-19-16-26-21-11-5-4-10-20(19)21/h1-12,15-16,22,26H,13-14H2,(H,27,30)(H,28,29)/t22-/m0/s1. The van der Waals surface area contributed by atoms with Crippen molar-refractivity contribution in [2.45, 2.75) is 19.0 Å². The molecule has 2 heterocycles. The molecule has 0 spiro atoms. The van der Waals surface area contributed by atoms with Gasteiger partial charge in [0.25, 0.3) is 5.91 Å². The summed E-state index contributed by atoms with van der Waals surface area (Å²) in [5, 5.41) is 6.84. The number of benzene rings is 2. The second kappa shape index (κ2) is 9.05. The van der Waals surface area contributed by atoms with Gasteiger partial charge in [-0.1, -0.05) is 48.5 Å². The van der Waals surface area contributed by atoms with E-state index in [2.05, 4.69) is 20.6 Å². The second-order valence-electron chi connectivity index (χ2n) is 7.03. The molecule has 2 aromatic heterocycles. The van der Waals surface area contributed by atoms with Gasteiger partial charge >= 0.3 is 0 Å². The molecule has 2 aromatic carbocycles. The molecule has 0 aliphatic rings. The third kappa shape index (κ3) is 4.55. The van der Waals surface area contributed by atoms with Crippen LogP contribution >= 0.6 is 0 Å². The quantitative estimate of drug-likeness (QED) is 0.447. The number of hydrogen-bond donors (Lipinski definition) is 3. The Labute approximate surface area is 174 Å². The highest BCUT2D eigenvalue weighted by Gasteiger charge is 2.23.